The zero-order chi connectivity index (χ0) is 25.6. The highest BCUT2D eigenvalue weighted by molar-refractivity contribution is 7.98. The number of hydrogen-bond acceptors (Lipinski definition) is 5. The maximum Gasteiger partial charge on any atom is 0.329 e. The Bertz CT molecular complexity index is 1060. The van der Waals surface area contributed by atoms with Crippen molar-refractivity contribution < 1.29 is 19.1 Å². The van der Waals surface area contributed by atoms with E-state index in [0.717, 1.165) is 5.56 Å². The Morgan fingerprint density at radius 3 is 1.94 bits per heavy atom. The molecule has 2 N–H and O–H groups in total. The minimum absolute atomic E-state index is 0.190. The number of carbonyl (C=O) groups excluding carboxylic acids is 3. The Hall–Kier alpha value is -3.15. The third-order valence-corrected chi connectivity index (χ3v) is 8.98. The summed E-state index contributed by atoms with van der Waals surface area (Å²) in [7, 11) is 0.609. The first kappa shape index (κ1) is 27.4. The lowest BCUT2D eigenvalue weighted by Crippen LogP contribution is -2.47. The molecule has 0 radical (unpaired) electrons. The molecule has 6 nitrogen and oxygen atoms in total. The number of carbonyl (C=O) groups is 3. The predicted octanol–water partition coefficient (Wildman–Crippen LogP) is 3.22. The third kappa shape index (κ3) is 9.14. The van der Waals surface area contributed by atoms with Crippen molar-refractivity contribution in [3.63, 3.8) is 0 Å². The number of nitrogens with one attached hydrogen (secondary N) is 2. The largest absolute Gasteiger partial charge is 0.467 e. The molecule has 8 heteroatoms. The van der Waals surface area contributed by atoms with Crippen LogP contribution in [0.2, 0.25) is 0 Å². The molecule has 0 aliphatic carbocycles. The molecule has 0 saturated heterocycles. The number of amides is 2. The standard InChI is InChI=1S/C28H31N2O4PS/c1-34-28(33)25(21-36-20-22-11-5-2-6-12-22)30-27(32)19-29-26(31)17-18-35(23-13-7-3-8-14-23)24-15-9-4-10-16-24/h2-16,25H,17-21H2,1H3,(H,29,31)(H,30,32)/t25-/m0/s1. The highest BCUT2D eigenvalue weighted by atomic mass is 32.2. The van der Waals surface area contributed by atoms with E-state index in [1.54, 1.807) is 0 Å². The van der Waals surface area contributed by atoms with Crippen LogP contribution in [0.3, 0.4) is 0 Å². The van der Waals surface area contributed by atoms with E-state index < -0.39 is 25.8 Å². The average Bonchev–Trinajstić information content (AvgIpc) is 2.93. The van der Waals surface area contributed by atoms with Gasteiger partial charge < -0.3 is 15.4 Å². The van der Waals surface area contributed by atoms with Crippen molar-refractivity contribution in [1.82, 2.24) is 10.6 Å². The van der Waals surface area contributed by atoms with Gasteiger partial charge in [0.05, 0.1) is 13.7 Å². The summed E-state index contributed by atoms with van der Waals surface area (Å²) in [6.07, 6.45) is 0.980. The number of esters is 1. The maximum absolute atomic E-state index is 12.5. The predicted molar refractivity (Wildman–Crippen MR) is 148 cm³/mol. The van der Waals surface area contributed by atoms with Crippen molar-refractivity contribution in [2.75, 3.05) is 25.6 Å². The molecule has 0 aliphatic rings. The zero-order valence-corrected chi connectivity index (χ0v) is 22.0. The number of hydrogen-bond donors (Lipinski definition) is 2. The van der Waals surface area contributed by atoms with Gasteiger partial charge in [-0.2, -0.15) is 11.8 Å². The van der Waals surface area contributed by atoms with Crippen LogP contribution in [0, 0.1) is 0 Å². The van der Waals surface area contributed by atoms with E-state index in [1.807, 2.05) is 66.7 Å². The summed E-state index contributed by atoms with van der Waals surface area (Å²) in [6.45, 7) is -0.190. The van der Waals surface area contributed by atoms with Crippen LogP contribution in [-0.4, -0.2) is 49.4 Å². The van der Waals surface area contributed by atoms with Crippen LogP contribution in [0.1, 0.15) is 12.0 Å². The Labute approximate surface area is 218 Å². The van der Waals surface area contributed by atoms with Crippen LogP contribution in [0.5, 0.6) is 0 Å². The van der Waals surface area contributed by atoms with E-state index in [9.17, 15) is 14.4 Å². The maximum atomic E-state index is 12.5. The van der Waals surface area contributed by atoms with Crippen molar-refractivity contribution in [1.29, 1.82) is 0 Å². The van der Waals surface area contributed by atoms with Crippen molar-refractivity contribution in [3.8, 4) is 0 Å². The zero-order valence-electron chi connectivity index (χ0n) is 20.3. The summed E-state index contributed by atoms with van der Waals surface area (Å²) in [5.74, 6) is -0.0384. The Balaban J connectivity index is 1.47. The molecule has 0 aromatic heterocycles. The molecule has 0 bridgehead atoms. The molecule has 36 heavy (non-hydrogen) atoms. The second-order valence-electron chi connectivity index (χ2n) is 7.99. The minimum atomic E-state index is -0.780. The molecule has 0 aliphatic heterocycles. The molecule has 188 valence electrons. The molecule has 3 aromatic rings. The summed E-state index contributed by atoms with van der Waals surface area (Å²) in [5, 5.41) is 7.78. The first-order valence-corrected chi connectivity index (χ1v) is 14.4. The fraction of sp³-hybridized carbons (Fsp3) is 0.250. The molecule has 1 atom stereocenters. The molecule has 0 heterocycles. The summed E-state index contributed by atoms with van der Waals surface area (Å²) in [5.41, 5.74) is 1.13. The molecule has 0 unspecified atom stereocenters. The van der Waals surface area contributed by atoms with Crippen molar-refractivity contribution >= 4 is 48.1 Å². The number of thioether (sulfide) groups is 1. The summed E-state index contributed by atoms with van der Waals surface area (Å²) in [4.78, 5) is 37.1. The highest BCUT2D eigenvalue weighted by Gasteiger charge is 2.22. The SMILES string of the molecule is COC(=O)[C@H](CSCc1ccccc1)NC(=O)CNC(=O)CCP(c1ccccc1)c1ccccc1. The van der Waals surface area contributed by atoms with Gasteiger partial charge in [-0.25, -0.2) is 4.79 Å². The quantitative estimate of drug-likeness (QED) is 0.266. The number of ether oxygens (including phenoxy) is 1. The number of benzene rings is 3. The second kappa shape index (κ2) is 15.1. The first-order valence-electron chi connectivity index (χ1n) is 11.7. The van der Waals surface area contributed by atoms with Crippen LogP contribution < -0.4 is 21.2 Å². The Morgan fingerprint density at radius 2 is 1.39 bits per heavy atom. The van der Waals surface area contributed by atoms with Gasteiger partial charge in [0.15, 0.2) is 0 Å². The highest BCUT2D eigenvalue weighted by Crippen LogP contribution is 2.34. The summed E-state index contributed by atoms with van der Waals surface area (Å²) < 4.78 is 4.84. The Kier molecular flexibility index (Phi) is 11.5. The molecule has 0 fully saturated rings. The normalized spacial score (nSPS) is 11.5. The van der Waals surface area contributed by atoms with Crippen molar-refractivity contribution in [2.45, 2.75) is 18.2 Å². The van der Waals surface area contributed by atoms with Gasteiger partial charge >= 0.3 is 5.97 Å². The minimum Gasteiger partial charge on any atom is -0.467 e. The molecular formula is C28H31N2O4PS. The van der Waals surface area contributed by atoms with E-state index in [-0.39, 0.29) is 12.5 Å². The van der Waals surface area contributed by atoms with Crippen LogP contribution >= 0.6 is 19.7 Å². The lowest BCUT2D eigenvalue weighted by atomic mass is 10.2. The van der Waals surface area contributed by atoms with Crippen LogP contribution in [-0.2, 0) is 24.9 Å². The fourth-order valence-electron chi connectivity index (χ4n) is 3.53. The van der Waals surface area contributed by atoms with Gasteiger partial charge in [0.25, 0.3) is 0 Å². The third-order valence-electron chi connectivity index (χ3n) is 5.36. The van der Waals surface area contributed by atoms with E-state index in [1.165, 1.54) is 29.5 Å². The molecule has 2 amide bonds. The van der Waals surface area contributed by atoms with Gasteiger partial charge in [-0.05, 0) is 30.3 Å². The smallest absolute Gasteiger partial charge is 0.329 e. The lowest BCUT2D eigenvalue weighted by molar-refractivity contribution is -0.144. The monoisotopic (exact) mass is 522 g/mol. The van der Waals surface area contributed by atoms with E-state index in [4.69, 9.17) is 4.74 Å². The second-order valence-corrected chi connectivity index (χ2v) is 11.4. The van der Waals surface area contributed by atoms with E-state index in [2.05, 4.69) is 34.9 Å². The van der Waals surface area contributed by atoms with Crippen molar-refractivity contribution in [2.24, 2.45) is 0 Å². The van der Waals surface area contributed by atoms with E-state index >= 15 is 0 Å². The number of rotatable bonds is 13. The first-order chi connectivity index (χ1) is 17.6. The van der Waals surface area contributed by atoms with Crippen LogP contribution in [0.15, 0.2) is 91.0 Å². The molecule has 0 spiro atoms. The van der Waals surface area contributed by atoms with Gasteiger partial charge in [-0.3, -0.25) is 9.59 Å². The van der Waals surface area contributed by atoms with Crippen LogP contribution in [0.4, 0.5) is 0 Å². The van der Waals surface area contributed by atoms with E-state index in [0.29, 0.717) is 24.1 Å². The van der Waals surface area contributed by atoms with Gasteiger partial charge in [0.2, 0.25) is 11.8 Å². The van der Waals surface area contributed by atoms with Gasteiger partial charge in [-0.1, -0.05) is 91.0 Å². The Morgan fingerprint density at radius 1 is 0.833 bits per heavy atom. The average molecular weight is 523 g/mol. The van der Waals surface area contributed by atoms with Crippen LogP contribution in [0.25, 0.3) is 0 Å². The molecular weight excluding hydrogens is 491 g/mol. The summed E-state index contributed by atoms with van der Waals surface area (Å²) >= 11 is 1.53. The topological polar surface area (TPSA) is 84.5 Å². The van der Waals surface area contributed by atoms with Gasteiger partial charge in [0.1, 0.15) is 6.04 Å². The lowest BCUT2D eigenvalue weighted by Gasteiger charge is -2.19. The van der Waals surface area contributed by atoms with Crippen molar-refractivity contribution in [3.05, 3.63) is 96.6 Å². The van der Waals surface area contributed by atoms with Gasteiger partial charge in [0, 0.05) is 17.9 Å². The van der Waals surface area contributed by atoms with Gasteiger partial charge in [-0.15, -0.1) is 0 Å². The molecule has 0 saturated carbocycles. The fourth-order valence-corrected chi connectivity index (χ4v) is 6.84. The molecule has 3 rings (SSSR count). The molecule has 3 aromatic carbocycles. The summed E-state index contributed by atoms with van der Waals surface area (Å²) in [6, 6.07) is 29.5. The number of methoxy groups -OCH3 is 1.